The second-order valence-electron chi connectivity index (χ2n) is 10.7. The summed E-state index contributed by atoms with van der Waals surface area (Å²) in [5, 5.41) is 4.03. The molecule has 0 radical (unpaired) electrons. The van der Waals surface area contributed by atoms with Crippen LogP contribution in [0.15, 0.2) is 102 Å². The summed E-state index contributed by atoms with van der Waals surface area (Å²) >= 11 is 25.2. The molecule has 7 nitrogen and oxygen atoms in total. The van der Waals surface area contributed by atoms with Gasteiger partial charge in [-0.25, -0.2) is 8.42 Å². The summed E-state index contributed by atoms with van der Waals surface area (Å²) in [6.45, 7) is 3.07. The summed E-state index contributed by atoms with van der Waals surface area (Å²) < 4.78 is 29.1. The van der Waals surface area contributed by atoms with E-state index in [1.165, 1.54) is 35.2 Å². The molecule has 12 heteroatoms. The lowest BCUT2D eigenvalue weighted by molar-refractivity contribution is -0.140. The predicted octanol–water partition coefficient (Wildman–Crippen LogP) is 8.05. The van der Waals surface area contributed by atoms with Gasteiger partial charge in [0.1, 0.15) is 12.6 Å². The van der Waals surface area contributed by atoms with Gasteiger partial charge in [-0.2, -0.15) is 0 Å². The molecule has 0 unspecified atom stereocenters. The van der Waals surface area contributed by atoms with Gasteiger partial charge in [0, 0.05) is 29.1 Å². The number of halogens is 4. The highest BCUT2D eigenvalue weighted by Crippen LogP contribution is 2.31. The molecule has 2 amide bonds. The van der Waals surface area contributed by atoms with E-state index in [4.69, 9.17) is 46.4 Å². The third kappa shape index (κ3) is 8.96. The predicted molar refractivity (Wildman–Crippen MR) is 186 cm³/mol. The van der Waals surface area contributed by atoms with Crippen molar-refractivity contribution in [2.24, 2.45) is 0 Å². The van der Waals surface area contributed by atoms with Crippen LogP contribution in [-0.2, 0) is 32.6 Å². The van der Waals surface area contributed by atoms with Crippen LogP contribution in [0.3, 0.4) is 0 Å². The number of benzene rings is 4. The molecular formula is C34H33Cl4N3O4S. The van der Waals surface area contributed by atoms with Crippen molar-refractivity contribution in [3.05, 3.63) is 128 Å². The van der Waals surface area contributed by atoms with Gasteiger partial charge in [-0.1, -0.05) is 108 Å². The molecule has 0 heterocycles. The molecule has 242 valence electrons. The van der Waals surface area contributed by atoms with E-state index in [0.29, 0.717) is 22.0 Å². The lowest BCUT2D eigenvalue weighted by atomic mass is 10.0. The smallest absolute Gasteiger partial charge is 0.264 e. The Kier molecular flexibility index (Phi) is 12.4. The summed E-state index contributed by atoms with van der Waals surface area (Å²) in [5.41, 5.74) is 1.46. The van der Waals surface area contributed by atoms with Crippen LogP contribution in [0.1, 0.15) is 31.4 Å². The lowest BCUT2D eigenvalue weighted by Crippen LogP contribution is -2.54. The molecule has 0 fully saturated rings. The molecular weight excluding hydrogens is 688 g/mol. The standard InChI is InChI=1S/C34H33Cl4N3O4S/c1-3-23(2)39-34(43)32(18-24-10-6-4-7-11-24)40(21-25-14-15-26(35)19-30(25)37)33(42)22-41(27-16-17-29(36)31(38)20-27)46(44,45)28-12-8-5-9-13-28/h4-17,19-20,23,32H,3,18,21-22H2,1-2H3,(H,39,43)/t23-,32-/m0/s1. The molecule has 46 heavy (non-hydrogen) atoms. The zero-order valence-corrected chi connectivity index (χ0v) is 29.0. The molecule has 0 aliphatic rings. The maximum Gasteiger partial charge on any atom is 0.264 e. The molecule has 0 saturated carbocycles. The van der Waals surface area contributed by atoms with Crippen LogP contribution in [0, 0.1) is 0 Å². The quantitative estimate of drug-likeness (QED) is 0.152. The average molecular weight is 722 g/mol. The monoisotopic (exact) mass is 719 g/mol. The van der Waals surface area contributed by atoms with E-state index in [2.05, 4.69) is 5.32 Å². The minimum atomic E-state index is -4.29. The summed E-state index contributed by atoms with van der Waals surface area (Å²) in [7, 11) is -4.29. The molecule has 4 rings (SSSR count). The van der Waals surface area contributed by atoms with Gasteiger partial charge in [0.05, 0.1) is 20.6 Å². The summed E-state index contributed by atoms with van der Waals surface area (Å²) in [6.07, 6.45) is 0.833. The third-order valence-corrected chi connectivity index (χ3v) is 10.5. The second-order valence-corrected chi connectivity index (χ2v) is 14.2. The Balaban J connectivity index is 1.84. The van der Waals surface area contributed by atoms with Crippen molar-refractivity contribution in [1.82, 2.24) is 10.2 Å². The van der Waals surface area contributed by atoms with Gasteiger partial charge in [-0.3, -0.25) is 13.9 Å². The van der Waals surface area contributed by atoms with Crippen molar-refractivity contribution in [2.45, 2.75) is 50.2 Å². The lowest BCUT2D eigenvalue weighted by Gasteiger charge is -2.34. The minimum absolute atomic E-state index is 0.0310. The third-order valence-electron chi connectivity index (χ3n) is 7.43. The van der Waals surface area contributed by atoms with Gasteiger partial charge in [0.2, 0.25) is 11.8 Å². The Bertz CT molecular complexity index is 1780. The van der Waals surface area contributed by atoms with Crippen LogP contribution in [0.4, 0.5) is 5.69 Å². The number of anilines is 1. The number of rotatable bonds is 13. The number of sulfonamides is 1. The number of hydrogen-bond donors (Lipinski definition) is 1. The molecule has 4 aromatic carbocycles. The second kappa shape index (κ2) is 16.0. The van der Waals surface area contributed by atoms with Crippen LogP contribution in [0.25, 0.3) is 0 Å². The van der Waals surface area contributed by atoms with E-state index in [9.17, 15) is 18.0 Å². The van der Waals surface area contributed by atoms with E-state index < -0.39 is 28.5 Å². The van der Waals surface area contributed by atoms with Crippen molar-refractivity contribution in [3.8, 4) is 0 Å². The number of carbonyl (C=O) groups excluding carboxylic acids is 2. The van der Waals surface area contributed by atoms with Crippen LogP contribution in [-0.4, -0.2) is 43.8 Å². The Labute approximate surface area is 290 Å². The minimum Gasteiger partial charge on any atom is -0.352 e. The normalized spacial score (nSPS) is 12.7. The maximum atomic E-state index is 14.5. The molecule has 2 atom stereocenters. The van der Waals surface area contributed by atoms with E-state index in [1.54, 1.807) is 36.4 Å². The summed E-state index contributed by atoms with van der Waals surface area (Å²) in [6, 6.07) is 25.0. The van der Waals surface area contributed by atoms with Crippen molar-refractivity contribution in [2.75, 3.05) is 10.8 Å². The fraction of sp³-hybridized carbons (Fsp3) is 0.235. The van der Waals surface area contributed by atoms with E-state index >= 15 is 0 Å². The molecule has 0 aliphatic heterocycles. The molecule has 0 spiro atoms. The highest BCUT2D eigenvalue weighted by molar-refractivity contribution is 7.92. The first-order valence-electron chi connectivity index (χ1n) is 14.5. The van der Waals surface area contributed by atoms with Gasteiger partial charge < -0.3 is 10.2 Å². The van der Waals surface area contributed by atoms with Crippen molar-refractivity contribution in [1.29, 1.82) is 0 Å². The number of carbonyl (C=O) groups is 2. The van der Waals surface area contributed by atoms with Crippen LogP contribution in [0.5, 0.6) is 0 Å². The molecule has 1 N–H and O–H groups in total. The van der Waals surface area contributed by atoms with Gasteiger partial charge in [0.15, 0.2) is 0 Å². The Morgan fingerprint density at radius 3 is 2.07 bits per heavy atom. The van der Waals surface area contributed by atoms with E-state index in [0.717, 1.165) is 9.87 Å². The fourth-order valence-corrected chi connectivity index (χ4v) is 6.90. The molecule has 0 saturated heterocycles. The highest BCUT2D eigenvalue weighted by Gasteiger charge is 2.35. The molecule has 4 aromatic rings. The molecule has 0 aromatic heterocycles. The molecule has 0 bridgehead atoms. The van der Waals surface area contributed by atoms with Crippen LogP contribution >= 0.6 is 46.4 Å². The largest absolute Gasteiger partial charge is 0.352 e. The summed E-state index contributed by atoms with van der Waals surface area (Å²) in [5.74, 6) is -1.03. The number of nitrogens with one attached hydrogen (secondary N) is 1. The topological polar surface area (TPSA) is 86.8 Å². The highest BCUT2D eigenvalue weighted by atomic mass is 35.5. The van der Waals surface area contributed by atoms with Crippen molar-refractivity contribution in [3.63, 3.8) is 0 Å². The zero-order valence-electron chi connectivity index (χ0n) is 25.2. The van der Waals surface area contributed by atoms with E-state index in [1.807, 2.05) is 44.2 Å². The maximum absolute atomic E-state index is 14.5. The SMILES string of the molecule is CC[C@H](C)NC(=O)[C@H](Cc1ccccc1)N(Cc1ccc(Cl)cc1Cl)C(=O)CN(c1ccc(Cl)c(Cl)c1)S(=O)(=O)c1ccccc1. The number of hydrogen-bond acceptors (Lipinski definition) is 4. The average Bonchev–Trinajstić information content (AvgIpc) is 3.04. The Hall–Kier alpha value is -3.27. The first-order valence-corrected chi connectivity index (χ1v) is 17.5. The van der Waals surface area contributed by atoms with Gasteiger partial charge in [-0.15, -0.1) is 0 Å². The fourth-order valence-electron chi connectivity index (χ4n) is 4.72. The first-order chi connectivity index (χ1) is 21.9. The van der Waals surface area contributed by atoms with Gasteiger partial charge in [-0.05, 0) is 66.9 Å². The number of amides is 2. The van der Waals surface area contributed by atoms with Crippen LogP contribution in [0.2, 0.25) is 20.1 Å². The van der Waals surface area contributed by atoms with Crippen molar-refractivity contribution >= 4 is 73.9 Å². The zero-order chi connectivity index (χ0) is 33.4. The Morgan fingerprint density at radius 1 is 0.804 bits per heavy atom. The van der Waals surface area contributed by atoms with Gasteiger partial charge in [0.25, 0.3) is 10.0 Å². The number of nitrogens with zero attached hydrogens (tertiary/aromatic N) is 2. The first kappa shape index (κ1) is 35.6. The summed E-state index contributed by atoms with van der Waals surface area (Å²) in [4.78, 5) is 29.8. The molecule has 0 aliphatic carbocycles. The van der Waals surface area contributed by atoms with Gasteiger partial charge >= 0.3 is 0 Å². The van der Waals surface area contributed by atoms with Crippen LogP contribution < -0.4 is 9.62 Å². The Morgan fingerprint density at radius 2 is 1.46 bits per heavy atom. The van der Waals surface area contributed by atoms with Crippen molar-refractivity contribution < 1.29 is 18.0 Å². The van der Waals surface area contributed by atoms with E-state index in [-0.39, 0.29) is 45.5 Å².